The Hall–Kier alpha value is -0.540. The molecule has 1 nitrogen and oxygen atoms in total. The quantitative estimate of drug-likeness (QED) is 0.832. The molecule has 1 aromatic carbocycles. The van der Waals surface area contributed by atoms with E-state index in [9.17, 15) is 4.39 Å². The van der Waals surface area contributed by atoms with Gasteiger partial charge in [-0.2, -0.15) is 0 Å². The summed E-state index contributed by atoms with van der Waals surface area (Å²) < 4.78 is 13.0. The van der Waals surface area contributed by atoms with Gasteiger partial charge in [-0.1, -0.05) is 27.2 Å². The van der Waals surface area contributed by atoms with E-state index in [-0.39, 0.29) is 5.82 Å². The van der Waals surface area contributed by atoms with Gasteiger partial charge < -0.3 is 5.32 Å². The summed E-state index contributed by atoms with van der Waals surface area (Å²) in [6.45, 7) is 8.04. The van der Waals surface area contributed by atoms with Crippen LogP contribution in [0.4, 0.5) is 4.39 Å². The number of nitrogens with one attached hydrogen (secondary N) is 1. The van der Waals surface area contributed by atoms with Gasteiger partial charge in [0.15, 0.2) is 0 Å². The van der Waals surface area contributed by atoms with E-state index in [2.05, 4.69) is 26.1 Å². The highest BCUT2D eigenvalue weighted by Crippen LogP contribution is 2.42. The number of halogens is 1. The molecular weight excluding hydrogens is 269 g/mol. The summed E-state index contributed by atoms with van der Waals surface area (Å²) in [5.74, 6) is -0.154. The lowest BCUT2D eigenvalue weighted by Gasteiger charge is -2.44. The fourth-order valence-corrected chi connectivity index (χ4v) is 4.63. The number of benzene rings is 1. The van der Waals surface area contributed by atoms with Crippen LogP contribution in [0.2, 0.25) is 0 Å². The summed E-state index contributed by atoms with van der Waals surface area (Å²) in [6.07, 6.45) is 4.98. The maximum atomic E-state index is 13.0. The van der Waals surface area contributed by atoms with Crippen LogP contribution in [0.1, 0.15) is 46.5 Å². The van der Waals surface area contributed by atoms with E-state index in [4.69, 9.17) is 0 Å². The van der Waals surface area contributed by atoms with E-state index in [1.165, 1.54) is 30.6 Å². The van der Waals surface area contributed by atoms with E-state index < -0.39 is 0 Å². The topological polar surface area (TPSA) is 12.0 Å². The van der Waals surface area contributed by atoms with Gasteiger partial charge in [-0.05, 0) is 55.5 Å². The average molecular weight is 295 g/mol. The van der Waals surface area contributed by atoms with Crippen LogP contribution in [0, 0.1) is 11.2 Å². The Morgan fingerprint density at radius 1 is 1.30 bits per heavy atom. The van der Waals surface area contributed by atoms with Crippen molar-refractivity contribution in [3.8, 4) is 0 Å². The molecule has 3 heteroatoms. The first-order valence-electron chi connectivity index (χ1n) is 7.68. The number of rotatable bonds is 5. The van der Waals surface area contributed by atoms with Crippen LogP contribution < -0.4 is 5.32 Å². The van der Waals surface area contributed by atoms with E-state index in [0.717, 1.165) is 6.54 Å². The summed E-state index contributed by atoms with van der Waals surface area (Å²) in [5.41, 5.74) is 0.338. The first kappa shape index (κ1) is 15.8. The van der Waals surface area contributed by atoms with Gasteiger partial charge in [0.25, 0.3) is 0 Å². The Labute approximate surface area is 126 Å². The van der Waals surface area contributed by atoms with Crippen LogP contribution in [0.15, 0.2) is 29.2 Å². The second kappa shape index (κ2) is 6.95. The molecule has 20 heavy (non-hydrogen) atoms. The molecular formula is C17H26FNS. The molecule has 1 aliphatic carbocycles. The summed E-state index contributed by atoms with van der Waals surface area (Å²) in [5, 5.41) is 4.33. The summed E-state index contributed by atoms with van der Waals surface area (Å²) >= 11 is 1.90. The fourth-order valence-electron chi connectivity index (χ4n) is 3.11. The van der Waals surface area contributed by atoms with Crippen molar-refractivity contribution in [1.29, 1.82) is 0 Å². The van der Waals surface area contributed by atoms with Gasteiger partial charge in [-0.3, -0.25) is 0 Å². The molecule has 1 saturated carbocycles. The van der Waals surface area contributed by atoms with Crippen molar-refractivity contribution in [2.24, 2.45) is 5.41 Å². The zero-order valence-electron chi connectivity index (χ0n) is 12.8. The standard InChI is InChI=1S/C17H26FNS/c1-4-12-19-16-15(6-5-11-17(16,2)3)20-14-9-7-13(18)8-10-14/h7-10,15-16,19H,4-6,11-12H2,1-3H3. The van der Waals surface area contributed by atoms with Crippen molar-refractivity contribution in [3.05, 3.63) is 30.1 Å². The van der Waals surface area contributed by atoms with E-state index in [1.54, 1.807) is 12.1 Å². The molecule has 1 aliphatic rings. The normalized spacial score (nSPS) is 25.6. The SMILES string of the molecule is CCCNC1C(Sc2ccc(F)cc2)CCCC1(C)C. The lowest BCUT2D eigenvalue weighted by Crippen LogP contribution is -2.51. The molecule has 0 spiro atoms. The Kier molecular flexibility index (Phi) is 5.50. The van der Waals surface area contributed by atoms with Gasteiger partial charge >= 0.3 is 0 Å². The third-order valence-corrected chi connectivity index (χ3v) is 5.59. The first-order valence-corrected chi connectivity index (χ1v) is 8.56. The average Bonchev–Trinajstić information content (AvgIpc) is 2.40. The molecule has 1 fully saturated rings. The highest BCUT2D eigenvalue weighted by atomic mass is 32.2. The molecule has 112 valence electrons. The lowest BCUT2D eigenvalue weighted by molar-refractivity contribution is 0.175. The minimum absolute atomic E-state index is 0.154. The van der Waals surface area contributed by atoms with Gasteiger partial charge in [-0.25, -0.2) is 4.39 Å². The minimum Gasteiger partial charge on any atom is -0.312 e. The van der Waals surface area contributed by atoms with Crippen molar-refractivity contribution >= 4 is 11.8 Å². The zero-order chi connectivity index (χ0) is 14.6. The molecule has 1 aromatic rings. The molecule has 2 atom stereocenters. The second-order valence-electron chi connectivity index (χ2n) is 6.42. The van der Waals surface area contributed by atoms with E-state index in [0.29, 0.717) is 16.7 Å². The number of hydrogen-bond donors (Lipinski definition) is 1. The largest absolute Gasteiger partial charge is 0.312 e. The zero-order valence-corrected chi connectivity index (χ0v) is 13.6. The Balaban J connectivity index is 2.08. The van der Waals surface area contributed by atoms with E-state index in [1.807, 2.05) is 23.9 Å². The first-order chi connectivity index (χ1) is 9.53. The number of thioether (sulfide) groups is 1. The van der Waals surface area contributed by atoms with Crippen LogP contribution >= 0.6 is 11.8 Å². The number of hydrogen-bond acceptors (Lipinski definition) is 2. The third-order valence-electron chi connectivity index (χ3n) is 4.24. The van der Waals surface area contributed by atoms with Crippen LogP contribution in [-0.2, 0) is 0 Å². The maximum absolute atomic E-state index is 13.0. The van der Waals surface area contributed by atoms with Crippen molar-refractivity contribution in [3.63, 3.8) is 0 Å². The van der Waals surface area contributed by atoms with Crippen molar-refractivity contribution in [1.82, 2.24) is 5.32 Å². The monoisotopic (exact) mass is 295 g/mol. The molecule has 0 aliphatic heterocycles. The van der Waals surface area contributed by atoms with Gasteiger partial charge in [0.05, 0.1) is 0 Å². The summed E-state index contributed by atoms with van der Waals surface area (Å²) in [6, 6.07) is 7.46. The molecule has 0 bridgehead atoms. The van der Waals surface area contributed by atoms with Crippen molar-refractivity contribution in [2.75, 3.05) is 6.54 Å². The molecule has 0 radical (unpaired) electrons. The third kappa shape index (κ3) is 3.98. The second-order valence-corrected chi connectivity index (χ2v) is 7.74. The summed E-state index contributed by atoms with van der Waals surface area (Å²) in [7, 11) is 0. The summed E-state index contributed by atoms with van der Waals surface area (Å²) in [4.78, 5) is 1.18. The van der Waals surface area contributed by atoms with Crippen LogP contribution in [0.3, 0.4) is 0 Å². The minimum atomic E-state index is -0.154. The van der Waals surface area contributed by atoms with Gasteiger partial charge in [0.2, 0.25) is 0 Å². The molecule has 2 unspecified atom stereocenters. The predicted octanol–water partition coefficient (Wildman–Crippen LogP) is 4.86. The van der Waals surface area contributed by atoms with Gasteiger partial charge in [-0.15, -0.1) is 11.8 Å². The van der Waals surface area contributed by atoms with Crippen LogP contribution in [0.5, 0.6) is 0 Å². The van der Waals surface area contributed by atoms with Crippen molar-refractivity contribution in [2.45, 2.75) is 62.6 Å². The molecule has 0 amide bonds. The molecule has 0 heterocycles. The molecule has 0 saturated heterocycles. The molecule has 1 N–H and O–H groups in total. The highest BCUT2D eigenvalue weighted by molar-refractivity contribution is 8.00. The van der Waals surface area contributed by atoms with Gasteiger partial charge in [0, 0.05) is 16.2 Å². The smallest absolute Gasteiger partial charge is 0.123 e. The van der Waals surface area contributed by atoms with E-state index >= 15 is 0 Å². The molecule has 2 rings (SSSR count). The Morgan fingerprint density at radius 3 is 2.65 bits per heavy atom. The van der Waals surface area contributed by atoms with Crippen LogP contribution in [0.25, 0.3) is 0 Å². The Bertz CT molecular complexity index is 416. The lowest BCUT2D eigenvalue weighted by atomic mass is 9.73. The fraction of sp³-hybridized carbons (Fsp3) is 0.647. The van der Waals surface area contributed by atoms with Gasteiger partial charge in [0.1, 0.15) is 5.82 Å². The Morgan fingerprint density at radius 2 is 2.00 bits per heavy atom. The van der Waals surface area contributed by atoms with Crippen molar-refractivity contribution < 1.29 is 4.39 Å². The molecule has 0 aromatic heterocycles. The predicted molar refractivity (Wildman–Crippen MR) is 85.8 cm³/mol. The highest BCUT2D eigenvalue weighted by Gasteiger charge is 2.38. The van der Waals surface area contributed by atoms with Crippen LogP contribution in [-0.4, -0.2) is 17.8 Å². The maximum Gasteiger partial charge on any atom is 0.123 e.